The minimum atomic E-state index is -3.07. The van der Waals surface area contributed by atoms with E-state index in [4.69, 9.17) is 4.84 Å². The molecule has 1 atom stereocenters. The first-order valence-corrected chi connectivity index (χ1v) is 9.68. The molecule has 0 N–H and O–H groups in total. The lowest BCUT2D eigenvalue weighted by molar-refractivity contribution is -0.167. The molecule has 0 saturated carbocycles. The molecule has 0 aliphatic carbocycles. The van der Waals surface area contributed by atoms with Crippen LogP contribution in [-0.2, 0) is 11.3 Å². The molecule has 2 aromatic heterocycles. The van der Waals surface area contributed by atoms with E-state index in [1.54, 1.807) is 29.2 Å². The topological polar surface area (TPSA) is 63.0 Å². The number of amides is 1. The van der Waals surface area contributed by atoms with E-state index in [2.05, 4.69) is 9.97 Å². The molecule has 31 heavy (non-hydrogen) atoms. The summed E-state index contributed by atoms with van der Waals surface area (Å²) in [4.78, 5) is 28.4. The zero-order chi connectivity index (χ0) is 20.7. The predicted octanol–water partition coefficient (Wildman–Crippen LogP) is 3.51. The molecule has 1 aromatic carbocycles. The third-order valence-electron chi connectivity index (χ3n) is 5.42. The number of carbonyl (C=O) groups excluding carboxylic acids is 1. The van der Waals surface area contributed by atoms with Crippen molar-refractivity contribution in [3.63, 3.8) is 0 Å². The van der Waals surface area contributed by atoms with Crippen molar-refractivity contribution in [2.45, 2.75) is 24.9 Å². The molecular weight excluding hydrogens is 428 g/mol. The van der Waals surface area contributed by atoms with Crippen molar-refractivity contribution in [3.05, 3.63) is 72.6 Å². The average molecular weight is 448 g/mol. The number of alkyl halides is 2. The Kier molecular flexibility index (Phi) is 5.63. The Hall–Kier alpha value is -3.04. The van der Waals surface area contributed by atoms with Gasteiger partial charge in [-0.15, -0.1) is 12.4 Å². The summed E-state index contributed by atoms with van der Waals surface area (Å²) in [5, 5.41) is 1.37. The first kappa shape index (κ1) is 21.2. The van der Waals surface area contributed by atoms with Gasteiger partial charge in [0.25, 0.3) is 11.8 Å². The Morgan fingerprint density at radius 1 is 1.16 bits per heavy atom. The first-order valence-electron chi connectivity index (χ1n) is 9.68. The van der Waals surface area contributed by atoms with Crippen LogP contribution in [0.25, 0.3) is 5.65 Å². The van der Waals surface area contributed by atoms with Crippen molar-refractivity contribution < 1.29 is 18.4 Å². The number of nitrogens with zero attached hydrogens (tertiary/aromatic N) is 5. The number of allylic oxidation sites excluding steroid dienone is 1. The van der Waals surface area contributed by atoms with Crippen LogP contribution in [0.5, 0.6) is 0 Å². The number of halogens is 3. The van der Waals surface area contributed by atoms with E-state index in [0.29, 0.717) is 12.1 Å². The molecule has 0 radical (unpaired) electrons. The van der Waals surface area contributed by atoms with Gasteiger partial charge in [-0.05, 0) is 18.1 Å². The molecular formula is C21H20ClF2N5O2. The fourth-order valence-electron chi connectivity index (χ4n) is 3.80. The van der Waals surface area contributed by atoms with Gasteiger partial charge in [0.05, 0.1) is 12.2 Å². The van der Waals surface area contributed by atoms with Gasteiger partial charge < -0.3 is 9.30 Å². The van der Waals surface area contributed by atoms with E-state index in [1.807, 2.05) is 30.3 Å². The molecule has 0 spiro atoms. The number of benzene rings is 1. The monoisotopic (exact) mass is 447 g/mol. The minimum Gasteiger partial charge on any atom is -0.334 e. The number of anilines is 1. The van der Waals surface area contributed by atoms with Crippen LogP contribution in [0.2, 0.25) is 0 Å². The van der Waals surface area contributed by atoms with Crippen LogP contribution < -0.4 is 5.06 Å². The summed E-state index contributed by atoms with van der Waals surface area (Å²) >= 11 is 0. The largest absolute Gasteiger partial charge is 0.334 e. The van der Waals surface area contributed by atoms with Gasteiger partial charge in [0, 0.05) is 44.0 Å². The van der Waals surface area contributed by atoms with Crippen LogP contribution in [0.4, 0.5) is 14.5 Å². The molecule has 5 rings (SSSR count). The molecule has 1 amide bonds. The lowest BCUT2D eigenvalue weighted by Gasteiger charge is -2.40. The van der Waals surface area contributed by atoms with Crippen LogP contribution in [0.1, 0.15) is 22.5 Å². The Labute approximate surface area is 183 Å². The highest BCUT2D eigenvalue weighted by atomic mass is 35.5. The summed E-state index contributed by atoms with van der Waals surface area (Å²) in [5.41, 5.74) is 2.24. The quantitative estimate of drug-likeness (QED) is 0.615. The van der Waals surface area contributed by atoms with E-state index in [0.717, 1.165) is 11.3 Å². The van der Waals surface area contributed by atoms with Crippen molar-refractivity contribution in [1.82, 2.24) is 19.3 Å². The zero-order valence-electron chi connectivity index (χ0n) is 16.4. The van der Waals surface area contributed by atoms with Crippen LogP contribution in [0, 0.1) is 0 Å². The number of fused-ring (bicyclic) bond motifs is 2. The highest BCUT2D eigenvalue weighted by Crippen LogP contribution is 2.34. The lowest BCUT2D eigenvalue weighted by atomic mass is 10.0. The number of imidazole rings is 1. The van der Waals surface area contributed by atoms with Gasteiger partial charge in [-0.3, -0.25) is 9.63 Å². The zero-order valence-corrected chi connectivity index (χ0v) is 17.2. The van der Waals surface area contributed by atoms with Gasteiger partial charge in [0.15, 0.2) is 17.4 Å². The van der Waals surface area contributed by atoms with Gasteiger partial charge in [0.1, 0.15) is 0 Å². The summed E-state index contributed by atoms with van der Waals surface area (Å²) in [6.45, 7) is -0.330. The maximum absolute atomic E-state index is 14.7. The number of rotatable bonds is 3. The Morgan fingerprint density at radius 3 is 2.77 bits per heavy atom. The van der Waals surface area contributed by atoms with E-state index < -0.39 is 24.4 Å². The second-order valence-electron chi connectivity index (χ2n) is 7.33. The fourth-order valence-corrected chi connectivity index (χ4v) is 3.80. The average Bonchev–Trinajstić information content (AvgIpc) is 3.24. The van der Waals surface area contributed by atoms with Gasteiger partial charge in [-0.2, -0.15) is 0 Å². The molecule has 4 heterocycles. The van der Waals surface area contributed by atoms with Crippen molar-refractivity contribution in [2.24, 2.45) is 0 Å². The Morgan fingerprint density at radius 2 is 1.94 bits per heavy atom. The Bertz CT molecular complexity index is 1140. The van der Waals surface area contributed by atoms with Crippen LogP contribution >= 0.6 is 12.4 Å². The maximum atomic E-state index is 14.7. The second kappa shape index (κ2) is 8.24. The fraction of sp³-hybridized carbons (Fsp3) is 0.286. The lowest BCUT2D eigenvalue weighted by Crippen LogP contribution is -2.55. The number of para-hydroxylation sites is 1. The molecule has 10 heteroatoms. The summed E-state index contributed by atoms with van der Waals surface area (Å²) in [5.74, 6) is -3.51. The van der Waals surface area contributed by atoms with E-state index in [1.165, 1.54) is 16.2 Å². The van der Waals surface area contributed by atoms with Crippen molar-refractivity contribution in [2.75, 3.05) is 18.2 Å². The molecule has 2 aliphatic heterocycles. The SMILES string of the molecule is Cl.O=C(c1nccn2ccnc12)N1CCC(F)(F)[C@@H](ON2C=CCc3ccccc32)C1. The van der Waals surface area contributed by atoms with Crippen molar-refractivity contribution in [3.8, 4) is 0 Å². The number of carbonyl (C=O) groups is 1. The molecule has 0 unspecified atom stereocenters. The normalized spacial score (nSPS) is 19.7. The molecule has 1 fully saturated rings. The van der Waals surface area contributed by atoms with Crippen molar-refractivity contribution >= 4 is 29.6 Å². The number of hydrogen-bond acceptors (Lipinski definition) is 5. The standard InChI is InChI=1S/C21H19F2N5O2.ClH/c22-21(23)7-11-27(20(29)18-19-25-9-13-26(19)12-8-24-18)14-17(21)30-28-10-3-5-15-4-1-2-6-16(15)28;/h1-4,6,8-10,12-13,17H,5,7,11,14H2;1H/t17-;/m0./s1. The number of aromatic nitrogens is 3. The first-order chi connectivity index (χ1) is 14.5. The molecule has 162 valence electrons. The number of piperidine rings is 1. The van der Waals surface area contributed by atoms with E-state index in [9.17, 15) is 13.6 Å². The van der Waals surface area contributed by atoms with Crippen molar-refractivity contribution in [1.29, 1.82) is 0 Å². The number of hydroxylamine groups is 1. The third kappa shape index (κ3) is 3.86. The summed E-state index contributed by atoms with van der Waals surface area (Å²) in [6.07, 6.45) is 8.67. The minimum absolute atomic E-state index is 0. The molecule has 7 nitrogen and oxygen atoms in total. The van der Waals surface area contributed by atoms with Crippen LogP contribution in [-0.4, -0.2) is 50.3 Å². The molecule has 0 bridgehead atoms. The number of likely N-dealkylation sites (tertiary alicyclic amines) is 1. The highest BCUT2D eigenvalue weighted by Gasteiger charge is 2.48. The van der Waals surface area contributed by atoms with Gasteiger partial charge in [-0.25, -0.2) is 23.8 Å². The van der Waals surface area contributed by atoms with Crippen LogP contribution in [0.3, 0.4) is 0 Å². The predicted molar refractivity (Wildman–Crippen MR) is 112 cm³/mol. The summed E-state index contributed by atoms with van der Waals surface area (Å²) in [7, 11) is 0. The van der Waals surface area contributed by atoms with Crippen LogP contribution in [0.15, 0.2) is 61.3 Å². The third-order valence-corrected chi connectivity index (χ3v) is 5.42. The van der Waals surface area contributed by atoms with E-state index >= 15 is 0 Å². The smallest absolute Gasteiger partial charge is 0.279 e. The van der Waals surface area contributed by atoms with Gasteiger partial charge in [0.2, 0.25) is 0 Å². The molecule has 3 aromatic rings. The van der Waals surface area contributed by atoms with Gasteiger partial charge >= 0.3 is 0 Å². The summed E-state index contributed by atoms with van der Waals surface area (Å²) < 4.78 is 31.1. The van der Waals surface area contributed by atoms with Gasteiger partial charge in [-0.1, -0.05) is 24.3 Å². The number of hydrogen-bond donors (Lipinski definition) is 0. The maximum Gasteiger partial charge on any atom is 0.279 e. The summed E-state index contributed by atoms with van der Waals surface area (Å²) in [6, 6.07) is 7.49. The highest BCUT2D eigenvalue weighted by molar-refractivity contribution is 5.97. The second-order valence-corrected chi connectivity index (χ2v) is 7.33. The molecule has 2 aliphatic rings. The Balaban J connectivity index is 0.00000231. The van der Waals surface area contributed by atoms with E-state index in [-0.39, 0.29) is 31.2 Å². The molecule has 1 saturated heterocycles.